The van der Waals surface area contributed by atoms with E-state index < -0.39 is 23.5 Å². The van der Waals surface area contributed by atoms with Gasteiger partial charge in [0.1, 0.15) is 11.6 Å². The molecule has 1 aromatic carbocycles. The van der Waals surface area contributed by atoms with Gasteiger partial charge in [-0.05, 0) is 45.8 Å². The number of piperidine rings is 1. The maximum atomic E-state index is 14.9. The molecule has 1 atom stereocenters. The van der Waals surface area contributed by atoms with Crippen molar-refractivity contribution >= 4 is 17.4 Å². The molecule has 7 nitrogen and oxygen atoms in total. The zero-order chi connectivity index (χ0) is 23.0. The zero-order valence-electron chi connectivity index (χ0n) is 18.8. The second-order valence-electron chi connectivity index (χ2n) is 8.59. The SMILES string of the molecule is Cc1nn(C)c(C)c1/C(O)=C1\C(=O)C(=O)N(CCN2CCCCC2)C1c1ccccc1F. The third-order valence-electron chi connectivity index (χ3n) is 6.59. The van der Waals surface area contributed by atoms with Crippen LogP contribution in [0.2, 0.25) is 0 Å². The van der Waals surface area contributed by atoms with Gasteiger partial charge in [-0.15, -0.1) is 0 Å². The van der Waals surface area contributed by atoms with Crippen LogP contribution >= 0.6 is 0 Å². The van der Waals surface area contributed by atoms with Crippen molar-refractivity contribution in [3.63, 3.8) is 0 Å². The van der Waals surface area contributed by atoms with Gasteiger partial charge in [0, 0.05) is 31.4 Å². The normalized spacial score (nSPS) is 21.5. The van der Waals surface area contributed by atoms with E-state index in [-0.39, 0.29) is 23.4 Å². The Morgan fingerprint density at radius 1 is 1.12 bits per heavy atom. The molecule has 1 aromatic heterocycles. The lowest BCUT2D eigenvalue weighted by Gasteiger charge is -2.31. The molecule has 32 heavy (non-hydrogen) atoms. The van der Waals surface area contributed by atoms with E-state index in [4.69, 9.17) is 0 Å². The summed E-state index contributed by atoms with van der Waals surface area (Å²) in [5.41, 5.74) is 1.72. The van der Waals surface area contributed by atoms with Crippen molar-refractivity contribution in [3.8, 4) is 0 Å². The molecule has 8 heteroatoms. The molecule has 1 unspecified atom stereocenters. The minimum absolute atomic E-state index is 0.0852. The molecule has 2 aliphatic rings. The quantitative estimate of drug-likeness (QED) is 0.439. The first-order chi connectivity index (χ1) is 15.3. The number of benzene rings is 1. The van der Waals surface area contributed by atoms with Crippen LogP contribution in [0.4, 0.5) is 4.39 Å². The van der Waals surface area contributed by atoms with Crippen LogP contribution in [0, 0.1) is 19.7 Å². The van der Waals surface area contributed by atoms with E-state index in [0.29, 0.717) is 23.5 Å². The average molecular weight is 441 g/mol. The van der Waals surface area contributed by atoms with Gasteiger partial charge in [-0.25, -0.2) is 4.39 Å². The predicted molar refractivity (Wildman–Crippen MR) is 118 cm³/mol. The van der Waals surface area contributed by atoms with Crippen molar-refractivity contribution in [2.24, 2.45) is 7.05 Å². The molecule has 2 aromatic rings. The van der Waals surface area contributed by atoms with Gasteiger partial charge in [0.05, 0.1) is 22.9 Å². The Morgan fingerprint density at radius 3 is 2.44 bits per heavy atom. The number of rotatable bonds is 5. The van der Waals surface area contributed by atoms with Crippen molar-refractivity contribution in [2.75, 3.05) is 26.2 Å². The fourth-order valence-electron chi connectivity index (χ4n) is 4.81. The number of aliphatic hydroxyl groups is 1. The molecule has 2 aliphatic heterocycles. The Bertz CT molecular complexity index is 1080. The lowest BCUT2D eigenvalue weighted by Crippen LogP contribution is -2.40. The number of aliphatic hydroxyl groups excluding tert-OH is 1. The van der Waals surface area contributed by atoms with Crippen LogP contribution in [0.5, 0.6) is 0 Å². The first-order valence-corrected chi connectivity index (χ1v) is 11.1. The Morgan fingerprint density at radius 2 is 1.81 bits per heavy atom. The standard InChI is InChI=1S/C24H29FN4O3/c1-15-19(16(2)27(3)26-15)22(30)20-21(17-9-5-6-10-18(17)25)29(24(32)23(20)31)14-13-28-11-7-4-8-12-28/h5-6,9-10,21,30H,4,7-8,11-14H2,1-3H3/b22-20+. The summed E-state index contributed by atoms with van der Waals surface area (Å²) in [7, 11) is 1.74. The topological polar surface area (TPSA) is 78.7 Å². The third kappa shape index (κ3) is 3.83. The van der Waals surface area contributed by atoms with E-state index in [1.54, 1.807) is 43.8 Å². The van der Waals surface area contributed by atoms with Crippen molar-refractivity contribution in [1.29, 1.82) is 0 Å². The van der Waals surface area contributed by atoms with Crippen LogP contribution in [0.25, 0.3) is 5.76 Å². The highest BCUT2D eigenvalue weighted by Gasteiger charge is 2.47. The highest BCUT2D eigenvalue weighted by atomic mass is 19.1. The lowest BCUT2D eigenvalue weighted by molar-refractivity contribution is -0.140. The van der Waals surface area contributed by atoms with Gasteiger partial charge in [0.15, 0.2) is 0 Å². The minimum Gasteiger partial charge on any atom is -0.507 e. The largest absolute Gasteiger partial charge is 0.507 e. The molecule has 0 spiro atoms. The number of likely N-dealkylation sites (tertiary alicyclic amines) is 2. The molecular weight excluding hydrogens is 411 g/mol. The summed E-state index contributed by atoms with van der Waals surface area (Å²) in [5, 5.41) is 15.5. The average Bonchev–Trinajstić information content (AvgIpc) is 3.18. The highest BCUT2D eigenvalue weighted by Crippen LogP contribution is 2.41. The molecule has 0 aliphatic carbocycles. The summed E-state index contributed by atoms with van der Waals surface area (Å²) in [6, 6.07) is 5.12. The summed E-state index contributed by atoms with van der Waals surface area (Å²) < 4.78 is 16.5. The Balaban J connectivity index is 1.80. The smallest absolute Gasteiger partial charge is 0.295 e. The molecule has 0 bridgehead atoms. The van der Waals surface area contributed by atoms with E-state index >= 15 is 0 Å². The van der Waals surface area contributed by atoms with Crippen molar-refractivity contribution in [1.82, 2.24) is 19.6 Å². The molecular formula is C24H29FN4O3. The Labute approximate surface area is 187 Å². The van der Waals surface area contributed by atoms with Gasteiger partial charge < -0.3 is 14.9 Å². The molecule has 4 rings (SSSR count). The number of hydrogen-bond donors (Lipinski definition) is 1. The fraction of sp³-hybridized carbons (Fsp3) is 0.458. The predicted octanol–water partition coefficient (Wildman–Crippen LogP) is 3.08. The Kier molecular flexibility index (Phi) is 6.15. The first-order valence-electron chi connectivity index (χ1n) is 11.1. The van der Waals surface area contributed by atoms with Crippen LogP contribution in [-0.2, 0) is 16.6 Å². The molecule has 170 valence electrons. The molecule has 0 radical (unpaired) electrons. The summed E-state index contributed by atoms with van der Waals surface area (Å²) in [5.74, 6) is -2.33. The number of aryl methyl sites for hydroxylation is 2. The number of Topliss-reactive ketones (excluding diaryl/α,β-unsaturated/α-hetero) is 1. The van der Waals surface area contributed by atoms with Gasteiger partial charge in [0.2, 0.25) is 0 Å². The molecule has 2 saturated heterocycles. The van der Waals surface area contributed by atoms with Crippen molar-refractivity contribution < 1.29 is 19.1 Å². The Hall–Kier alpha value is -3.00. The number of nitrogens with zero attached hydrogens (tertiary/aromatic N) is 4. The number of carbonyl (C=O) groups is 2. The number of ketones is 1. The molecule has 0 saturated carbocycles. The van der Waals surface area contributed by atoms with Gasteiger partial charge in [-0.2, -0.15) is 5.10 Å². The van der Waals surface area contributed by atoms with E-state index in [0.717, 1.165) is 25.9 Å². The number of hydrogen-bond acceptors (Lipinski definition) is 5. The number of halogens is 1. The summed E-state index contributed by atoms with van der Waals surface area (Å²) in [6.45, 7) is 6.28. The van der Waals surface area contributed by atoms with Crippen LogP contribution < -0.4 is 0 Å². The van der Waals surface area contributed by atoms with E-state index in [1.807, 2.05) is 0 Å². The second-order valence-corrected chi connectivity index (χ2v) is 8.59. The highest BCUT2D eigenvalue weighted by molar-refractivity contribution is 6.46. The molecule has 3 heterocycles. The van der Waals surface area contributed by atoms with Crippen LogP contribution in [0.15, 0.2) is 29.8 Å². The fourth-order valence-corrected chi connectivity index (χ4v) is 4.81. The van der Waals surface area contributed by atoms with Crippen LogP contribution in [0.3, 0.4) is 0 Å². The first kappa shape index (κ1) is 22.2. The zero-order valence-corrected chi connectivity index (χ0v) is 18.8. The maximum Gasteiger partial charge on any atom is 0.295 e. The second kappa shape index (κ2) is 8.86. The van der Waals surface area contributed by atoms with E-state index in [9.17, 15) is 19.1 Å². The van der Waals surface area contributed by atoms with Crippen molar-refractivity contribution in [2.45, 2.75) is 39.2 Å². The van der Waals surface area contributed by atoms with Gasteiger partial charge in [0.25, 0.3) is 11.7 Å². The van der Waals surface area contributed by atoms with Gasteiger partial charge >= 0.3 is 0 Å². The van der Waals surface area contributed by atoms with Crippen LogP contribution in [0.1, 0.15) is 47.8 Å². The maximum absolute atomic E-state index is 14.9. The van der Waals surface area contributed by atoms with Gasteiger partial charge in [-0.3, -0.25) is 14.3 Å². The molecule has 2 fully saturated rings. The monoisotopic (exact) mass is 440 g/mol. The molecule has 1 N–H and O–H groups in total. The van der Waals surface area contributed by atoms with E-state index in [1.165, 1.54) is 17.4 Å². The summed E-state index contributed by atoms with van der Waals surface area (Å²) in [4.78, 5) is 29.9. The lowest BCUT2D eigenvalue weighted by atomic mass is 9.94. The van der Waals surface area contributed by atoms with Crippen LogP contribution in [-0.4, -0.2) is 62.6 Å². The number of carbonyl (C=O) groups excluding carboxylic acids is 2. The number of aromatic nitrogens is 2. The number of amides is 1. The summed E-state index contributed by atoms with van der Waals surface area (Å²) in [6.07, 6.45) is 3.41. The van der Waals surface area contributed by atoms with E-state index in [2.05, 4.69) is 10.00 Å². The minimum atomic E-state index is -0.986. The third-order valence-corrected chi connectivity index (χ3v) is 6.59. The van der Waals surface area contributed by atoms with Gasteiger partial charge in [-0.1, -0.05) is 24.6 Å². The molecule has 1 amide bonds. The summed E-state index contributed by atoms with van der Waals surface area (Å²) >= 11 is 0. The van der Waals surface area contributed by atoms with Crippen molar-refractivity contribution in [3.05, 3.63) is 58.2 Å².